The fourth-order valence-electron chi connectivity index (χ4n) is 2.21. The van der Waals surface area contributed by atoms with Gasteiger partial charge in [-0.05, 0) is 52.4 Å². The number of hydrogen-bond acceptors (Lipinski definition) is 3. The zero-order chi connectivity index (χ0) is 13.8. The maximum absolute atomic E-state index is 11.6. The highest BCUT2D eigenvalue weighted by molar-refractivity contribution is 7.79. The minimum Gasteiger partial charge on any atom is -0.444 e. The largest absolute Gasteiger partial charge is 0.444 e. The molecule has 3 unspecified atom stereocenters. The van der Waals surface area contributed by atoms with Gasteiger partial charge in [0.1, 0.15) is 5.60 Å². The van der Waals surface area contributed by atoms with E-state index in [9.17, 15) is 9.00 Å². The summed E-state index contributed by atoms with van der Waals surface area (Å²) in [5, 5.41) is 2.85. The van der Waals surface area contributed by atoms with Gasteiger partial charge in [0.15, 0.2) is 11.1 Å². The molecule has 1 aliphatic carbocycles. The lowest BCUT2D eigenvalue weighted by molar-refractivity contribution is 0.0504. The molecule has 1 fully saturated rings. The highest BCUT2D eigenvalue weighted by atomic mass is 32.2. The summed E-state index contributed by atoms with van der Waals surface area (Å²) in [4.78, 5) is 11.6. The van der Waals surface area contributed by atoms with Gasteiger partial charge in [-0.3, -0.25) is 0 Å². The van der Waals surface area contributed by atoms with Crippen LogP contribution < -0.4 is 5.32 Å². The van der Waals surface area contributed by atoms with Gasteiger partial charge >= 0.3 is 6.09 Å². The zero-order valence-electron chi connectivity index (χ0n) is 11.3. The summed E-state index contributed by atoms with van der Waals surface area (Å²) in [6.45, 7) is 5.50. The molecule has 0 aromatic heterocycles. The lowest BCUT2D eigenvalue weighted by Gasteiger charge is -2.21. The van der Waals surface area contributed by atoms with Crippen molar-refractivity contribution in [3.8, 4) is 0 Å². The zero-order valence-corrected chi connectivity index (χ0v) is 12.1. The standard InChI is InChI=1S/C12H23NO4S/c1-12(2,3)17-11(14)13-10-5-4-9(8-10)6-7-18(15)16/h9-10H,4-8H2,1-3H3,(H,13,14)(H,15,16). The molecule has 0 aliphatic heterocycles. The summed E-state index contributed by atoms with van der Waals surface area (Å²) >= 11 is -1.71. The van der Waals surface area contributed by atoms with Crippen molar-refractivity contribution >= 4 is 17.2 Å². The van der Waals surface area contributed by atoms with Crippen molar-refractivity contribution in [2.45, 2.75) is 58.1 Å². The Kier molecular flexibility index (Phi) is 5.59. The van der Waals surface area contributed by atoms with Gasteiger partial charge in [0.2, 0.25) is 0 Å². The SMILES string of the molecule is CC(C)(C)OC(=O)NC1CCC(CCS(=O)O)C1. The molecule has 0 radical (unpaired) electrons. The molecule has 0 aromatic carbocycles. The minimum atomic E-state index is -1.71. The average Bonchev–Trinajstić information content (AvgIpc) is 2.59. The number of carbonyl (C=O) groups excluding carboxylic acids is 1. The van der Waals surface area contributed by atoms with Crippen LogP contribution in [0.4, 0.5) is 4.79 Å². The van der Waals surface area contributed by atoms with Gasteiger partial charge in [-0.1, -0.05) is 0 Å². The second-order valence-corrected chi connectivity index (χ2v) is 6.89. The number of nitrogens with one attached hydrogen (secondary N) is 1. The first-order chi connectivity index (χ1) is 8.26. The van der Waals surface area contributed by atoms with Gasteiger partial charge in [0, 0.05) is 11.8 Å². The Labute approximate surface area is 111 Å². The lowest BCUT2D eigenvalue weighted by atomic mass is 10.1. The van der Waals surface area contributed by atoms with Gasteiger partial charge in [0.05, 0.1) is 0 Å². The molecule has 0 spiro atoms. The normalized spacial score (nSPS) is 25.8. The fraction of sp³-hybridized carbons (Fsp3) is 0.917. The number of rotatable bonds is 4. The molecule has 3 atom stereocenters. The predicted molar refractivity (Wildman–Crippen MR) is 70.8 cm³/mol. The van der Waals surface area contributed by atoms with Crippen LogP contribution in [0.25, 0.3) is 0 Å². The van der Waals surface area contributed by atoms with E-state index in [1.165, 1.54) is 0 Å². The van der Waals surface area contributed by atoms with Crippen molar-refractivity contribution in [1.82, 2.24) is 5.32 Å². The number of ether oxygens (including phenoxy) is 1. The summed E-state index contributed by atoms with van der Waals surface area (Å²) in [5.74, 6) is 0.755. The van der Waals surface area contributed by atoms with E-state index >= 15 is 0 Å². The Morgan fingerprint density at radius 2 is 2.11 bits per heavy atom. The first-order valence-corrected chi connectivity index (χ1v) is 7.61. The van der Waals surface area contributed by atoms with Crippen LogP contribution in [0.3, 0.4) is 0 Å². The lowest BCUT2D eigenvalue weighted by Crippen LogP contribution is -2.37. The van der Waals surface area contributed by atoms with E-state index < -0.39 is 16.7 Å². The summed E-state index contributed by atoms with van der Waals surface area (Å²) in [7, 11) is 0. The van der Waals surface area contributed by atoms with E-state index in [-0.39, 0.29) is 12.1 Å². The predicted octanol–water partition coefficient (Wildman–Crippen LogP) is 2.29. The number of carbonyl (C=O) groups is 1. The Balaban J connectivity index is 2.26. The van der Waals surface area contributed by atoms with Crippen LogP contribution in [0.1, 0.15) is 46.5 Å². The minimum absolute atomic E-state index is 0.136. The molecule has 0 heterocycles. The first-order valence-electron chi connectivity index (χ1n) is 6.33. The number of amides is 1. The molecular formula is C12H23NO4S. The fourth-order valence-corrected chi connectivity index (χ4v) is 2.74. The van der Waals surface area contributed by atoms with Crippen LogP contribution >= 0.6 is 0 Å². The molecule has 1 aliphatic rings. The van der Waals surface area contributed by atoms with E-state index in [2.05, 4.69) is 5.32 Å². The average molecular weight is 277 g/mol. The molecule has 0 bridgehead atoms. The summed E-state index contributed by atoms with van der Waals surface area (Å²) < 4.78 is 24.5. The van der Waals surface area contributed by atoms with Crippen LogP contribution in [-0.4, -0.2) is 32.3 Å². The topological polar surface area (TPSA) is 75.6 Å². The molecule has 1 rings (SSSR count). The third kappa shape index (κ3) is 6.35. The number of alkyl carbamates (subject to hydrolysis) is 1. The van der Waals surface area contributed by atoms with Gasteiger partial charge < -0.3 is 14.6 Å². The smallest absolute Gasteiger partial charge is 0.407 e. The molecule has 6 heteroatoms. The van der Waals surface area contributed by atoms with Crippen molar-refractivity contribution in [2.75, 3.05) is 5.75 Å². The van der Waals surface area contributed by atoms with Crippen LogP contribution in [-0.2, 0) is 15.8 Å². The maximum atomic E-state index is 11.6. The second-order valence-electron chi connectivity index (χ2n) is 5.84. The van der Waals surface area contributed by atoms with Crippen LogP contribution in [0, 0.1) is 5.92 Å². The molecule has 1 saturated carbocycles. The molecule has 0 saturated heterocycles. The van der Waals surface area contributed by atoms with Crippen molar-refractivity contribution in [1.29, 1.82) is 0 Å². The van der Waals surface area contributed by atoms with Gasteiger partial charge in [-0.15, -0.1) is 0 Å². The van der Waals surface area contributed by atoms with Crippen LogP contribution in [0.2, 0.25) is 0 Å². The van der Waals surface area contributed by atoms with Gasteiger partial charge in [-0.25, -0.2) is 9.00 Å². The molecular weight excluding hydrogens is 254 g/mol. The van der Waals surface area contributed by atoms with E-state index in [0.29, 0.717) is 11.7 Å². The summed E-state index contributed by atoms with van der Waals surface area (Å²) in [6, 6.07) is 0.136. The van der Waals surface area contributed by atoms with Gasteiger partial charge in [-0.2, -0.15) is 0 Å². The molecule has 106 valence electrons. The molecule has 18 heavy (non-hydrogen) atoms. The Hall–Kier alpha value is -0.620. The van der Waals surface area contributed by atoms with E-state index in [4.69, 9.17) is 9.29 Å². The summed E-state index contributed by atoms with van der Waals surface area (Å²) in [6.07, 6.45) is 3.16. The van der Waals surface area contributed by atoms with Crippen molar-refractivity contribution < 1.29 is 18.3 Å². The van der Waals surface area contributed by atoms with Gasteiger partial charge in [0.25, 0.3) is 0 Å². The third-order valence-corrected chi connectivity index (χ3v) is 3.55. The first kappa shape index (κ1) is 15.4. The Morgan fingerprint density at radius 1 is 1.44 bits per heavy atom. The Morgan fingerprint density at radius 3 is 2.67 bits per heavy atom. The highest BCUT2D eigenvalue weighted by Crippen LogP contribution is 2.28. The highest BCUT2D eigenvalue weighted by Gasteiger charge is 2.27. The van der Waals surface area contributed by atoms with E-state index in [1.54, 1.807) is 0 Å². The molecule has 5 nitrogen and oxygen atoms in total. The van der Waals surface area contributed by atoms with Crippen molar-refractivity contribution in [3.63, 3.8) is 0 Å². The molecule has 0 aromatic rings. The second kappa shape index (κ2) is 6.52. The van der Waals surface area contributed by atoms with Crippen molar-refractivity contribution in [3.05, 3.63) is 0 Å². The Bertz CT molecular complexity index is 314. The monoisotopic (exact) mass is 277 g/mol. The number of hydrogen-bond donors (Lipinski definition) is 2. The summed E-state index contributed by atoms with van der Waals surface area (Å²) in [5.41, 5.74) is -0.476. The van der Waals surface area contributed by atoms with Crippen LogP contribution in [0.15, 0.2) is 0 Å². The molecule has 2 N–H and O–H groups in total. The van der Waals surface area contributed by atoms with Crippen molar-refractivity contribution in [2.24, 2.45) is 5.92 Å². The molecule has 1 amide bonds. The van der Waals surface area contributed by atoms with E-state index in [1.807, 2.05) is 20.8 Å². The quantitative estimate of drug-likeness (QED) is 0.773. The van der Waals surface area contributed by atoms with Crippen LogP contribution in [0.5, 0.6) is 0 Å². The van der Waals surface area contributed by atoms with E-state index in [0.717, 1.165) is 25.7 Å². The maximum Gasteiger partial charge on any atom is 0.407 e. The third-order valence-electron chi connectivity index (χ3n) is 2.96.